The van der Waals surface area contributed by atoms with Crippen LogP contribution in [-0.4, -0.2) is 48.3 Å². The molecule has 0 bridgehead atoms. The van der Waals surface area contributed by atoms with Crippen molar-refractivity contribution in [1.29, 1.82) is 0 Å². The van der Waals surface area contributed by atoms with Crippen LogP contribution in [0.15, 0.2) is 28.0 Å². The van der Waals surface area contributed by atoms with Crippen LogP contribution in [0.1, 0.15) is 10.4 Å². The highest BCUT2D eigenvalue weighted by molar-refractivity contribution is 7.90. The van der Waals surface area contributed by atoms with Crippen LogP contribution in [0.5, 0.6) is 0 Å². The van der Waals surface area contributed by atoms with Crippen molar-refractivity contribution >= 4 is 26.8 Å². The molecule has 0 spiro atoms. The summed E-state index contributed by atoms with van der Waals surface area (Å²) < 4.78 is 44.7. The van der Waals surface area contributed by atoms with Gasteiger partial charge < -0.3 is 9.45 Å². The van der Waals surface area contributed by atoms with Gasteiger partial charge in [0.2, 0.25) is 0 Å². The fraction of sp³-hybridized carbons (Fsp3) is 0.300. The molecule has 0 heterocycles. The van der Waals surface area contributed by atoms with Gasteiger partial charge >= 0.3 is 0 Å². The second kappa shape index (κ2) is 5.17. The molecule has 0 aliphatic rings. The van der Waals surface area contributed by atoms with Gasteiger partial charge in [-0.25, -0.2) is 8.42 Å². The normalized spacial score (nSPS) is 13.1. The van der Waals surface area contributed by atoms with Crippen LogP contribution in [-0.2, 0) is 20.9 Å². The lowest BCUT2D eigenvalue weighted by Gasteiger charge is -2.13. The highest BCUT2D eigenvalue weighted by atomic mass is 32.2. The highest BCUT2D eigenvalue weighted by Crippen LogP contribution is 2.18. The molecular formula is C10H12NO5S2-. The summed E-state index contributed by atoms with van der Waals surface area (Å²) >= 11 is -2.60. The van der Waals surface area contributed by atoms with E-state index in [0.717, 1.165) is 24.5 Å². The molecule has 0 aliphatic carbocycles. The molecule has 1 aromatic rings. The first kappa shape index (κ1) is 14.8. The van der Waals surface area contributed by atoms with Crippen molar-refractivity contribution in [2.75, 3.05) is 20.4 Å². The van der Waals surface area contributed by atoms with Crippen molar-refractivity contribution in [1.82, 2.24) is 4.90 Å². The zero-order valence-electron chi connectivity index (χ0n) is 10.0. The van der Waals surface area contributed by atoms with Gasteiger partial charge in [-0.15, -0.1) is 0 Å². The topological polar surface area (TPSA) is 94.6 Å². The summed E-state index contributed by atoms with van der Waals surface area (Å²) in [5, 5.41) is 0. The van der Waals surface area contributed by atoms with Crippen LogP contribution in [0.25, 0.3) is 0 Å². The van der Waals surface area contributed by atoms with Gasteiger partial charge in [-0.3, -0.25) is 9.00 Å². The number of sulfone groups is 1. The van der Waals surface area contributed by atoms with Gasteiger partial charge in [0.25, 0.3) is 5.91 Å². The molecule has 1 atom stereocenters. The Hall–Kier alpha value is -1.25. The molecule has 1 aromatic carbocycles. The summed E-state index contributed by atoms with van der Waals surface area (Å²) in [6.45, 7) is 0. The molecule has 1 rings (SSSR count). The molecular weight excluding hydrogens is 278 g/mol. The minimum absolute atomic E-state index is 0.0159. The second-order valence-electron chi connectivity index (χ2n) is 3.90. The number of nitrogens with zero attached hydrogens (tertiary/aromatic N) is 1. The molecule has 0 saturated carbocycles. The number of hydrogen-bond donors (Lipinski definition) is 0. The molecule has 100 valence electrons. The van der Waals surface area contributed by atoms with Crippen molar-refractivity contribution < 1.29 is 22.0 Å². The van der Waals surface area contributed by atoms with Crippen LogP contribution >= 0.6 is 0 Å². The van der Waals surface area contributed by atoms with E-state index in [0.29, 0.717) is 0 Å². The summed E-state index contributed by atoms with van der Waals surface area (Å²) in [5.41, 5.74) is 0.0159. The van der Waals surface area contributed by atoms with E-state index in [-0.39, 0.29) is 15.4 Å². The minimum Gasteiger partial charge on any atom is -0.768 e. The molecule has 1 amide bonds. The van der Waals surface area contributed by atoms with Gasteiger partial charge in [-0.2, -0.15) is 0 Å². The van der Waals surface area contributed by atoms with Gasteiger partial charge in [0.05, 0.1) is 4.90 Å². The number of amides is 1. The van der Waals surface area contributed by atoms with E-state index < -0.39 is 26.8 Å². The van der Waals surface area contributed by atoms with Crippen LogP contribution in [0.2, 0.25) is 0 Å². The Kier molecular flexibility index (Phi) is 4.25. The summed E-state index contributed by atoms with van der Waals surface area (Å²) in [4.78, 5) is 12.5. The van der Waals surface area contributed by atoms with Gasteiger partial charge in [-0.1, -0.05) is 0 Å². The zero-order valence-corrected chi connectivity index (χ0v) is 11.7. The Morgan fingerprint density at radius 3 is 2.22 bits per heavy atom. The van der Waals surface area contributed by atoms with Crippen molar-refractivity contribution in [2.24, 2.45) is 0 Å². The summed E-state index contributed by atoms with van der Waals surface area (Å²) in [7, 11) is -0.606. The number of rotatable bonds is 3. The third kappa shape index (κ3) is 3.37. The smallest absolute Gasteiger partial charge is 0.253 e. The zero-order chi connectivity index (χ0) is 14.1. The summed E-state index contributed by atoms with van der Waals surface area (Å²) in [6.07, 6.45) is 0.948. The van der Waals surface area contributed by atoms with E-state index in [1.807, 2.05) is 0 Å². The van der Waals surface area contributed by atoms with Gasteiger partial charge in [-0.05, 0) is 29.3 Å². The standard InChI is InChI=1S/C10H13NO5S2/c1-11(2)10(12)7-4-8(17(13)14)6-9(5-7)18(3,15)16/h4-6H,1-3H3,(H,13,14)/p-1. The predicted molar refractivity (Wildman–Crippen MR) is 64.8 cm³/mol. The van der Waals surface area contributed by atoms with E-state index >= 15 is 0 Å². The number of carbonyl (C=O) groups excluding carboxylic acids is 1. The minimum atomic E-state index is -3.58. The third-order valence-corrected chi connectivity index (χ3v) is 3.87. The predicted octanol–water partition coefficient (Wildman–Crippen LogP) is 0.0299. The first-order valence-corrected chi connectivity index (χ1v) is 7.75. The average molecular weight is 290 g/mol. The van der Waals surface area contributed by atoms with Crippen LogP contribution < -0.4 is 0 Å². The highest BCUT2D eigenvalue weighted by Gasteiger charge is 2.15. The SMILES string of the molecule is CN(C)C(=O)c1cc(S(=O)[O-])cc(S(C)(=O)=O)c1. The van der Waals surface area contributed by atoms with Gasteiger partial charge in [0, 0.05) is 30.8 Å². The number of hydrogen-bond acceptors (Lipinski definition) is 5. The molecule has 0 aromatic heterocycles. The first-order valence-electron chi connectivity index (χ1n) is 4.79. The maximum absolute atomic E-state index is 11.7. The average Bonchev–Trinajstić information content (AvgIpc) is 2.26. The van der Waals surface area contributed by atoms with E-state index in [9.17, 15) is 22.0 Å². The van der Waals surface area contributed by atoms with Gasteiger partial charge in [0.15, 0.2) is 9.84 Å². The summed E-state index contributed by atoms with van der Waals surface area (Å²) in [6, 6.07) is 3.32. The monoisotopic (exact) mass is 290 g/mol. The van der Waals surface area contributed by atoms with Gasteiger partial charge in [0.1, 0.15) is 0 Å². The maximum atomic E-state index is 11.7. The van der Waals surface area contributed by atoms with E-state index in [1.54, 1.807) is 0 Å². The largest absolute Gasteiger partial charge is 0.768 e. The first-order chi connectivity index (χ1) is 8.12. The van der Waals surface area contributed by atoms with Crippen LogP contribution in [0, 0.1) is 0 Å². The van der Waals surface area contributed by atoms with Crippen molar-refractivity contribution in [3.8, 4) is 0 Å². The molecule has 0 radical (unpaired) electrons. The van der Waals surface area contributed by atoms with E-state index in [1.165, 1.54) is 19.0 Å². The lowest BCUT2D eigenvalue weighted by molar-refractivity contribution is 0.0827. The molecule has 0 N–H and O–H groups in total. The molecule has 6 nitrogen and oxygen atoms in total. The van der Waals surface area contributed by atoms with Crippen LogP contribution in [0.4, 0.5) is 0 Å². The quantitative estimate of drug-likeness (QED) is 0.732. The lowest BCUT2D eigenvalue weighted by atomic mass is 10.2. The van der Waals surface area contributed by atoms with Crippen LogP contribution in [0.3, 0.4) is 0 Å². The molecule has 0 fully saturated rings. The summed E-state index contributed by atoms with van der Waals surface area (Å²) in [5.74, 6) is -0.466. The fourth-order valence-corrected chi connectivity index (χ4v) is 2.47. The maximum Gasteiger partial charge on any atom is 0.253 e. The Labute approximate surface area is 108 Å². The third-order valence-electron chi connectivity index (χ3n) is 2.15. The Bertz CT molecular complexity index is 607. The molecule has 1 unspecified atom stereocenters. The van der Waals surface area contributed by atoms with Crippen molar-refractivity contribution in [3.05, 3.63) is 23.8 Å². The fourth-order valence-electron chi connectivity index (χ4n) is 1.26. The Balaban J connectivity index is 3.50. The van der Waals surface area contributed by atoms with Crippen molar-refractivity contribution in [3.63, 3.8) is 0 Å². The Morgan fingerprint density at radius 1 is 1.28 bits per heavy atom. The molecule has 8 heteroatoms. The van der Waals surface area contributed by atoms with E-state index in [2.05, 4.69) is 0 Å². The van der Waals surface area contributed by atoms with Crippen molar-refractivity contribution in [2.45, 2.75) is 9.79 Å². The second-order valence-corrected chi connectivity index (χ2v) is 6.86. The Morgan fingerprint density at radius 2 is 1.83 bits per heavy atom. The molecule has 18 heavy (non-hydrogen) atoms. The number of benzene rings is 1. The number of carbonyl (C=O) groups is 1. The molecule has 0 aliphatic heterocycles. The molecule has 0 saturated heterocycles. The van der Waals surface area contributed by atoms with E-state index in [4.69, 9.17) is 0 Å². The lowest BCUT2D eigenvalue weighted by Crippen LogP contribution is -2.22.